The molecule has 3 aromatic carbocycles. The van der Waals surface area contributed by atoms with Crippen molar-refractivity contribution in [1.29, 1.82) is 0 Å². The van der Waals surface area contributed by atoms with Crippen molar-refractivity contribution in [3.8, 4) is 0 Å². The van der Waals surface area contributed by atoms with E-state index in [-0.39, 0.29) is 5.91 Å². The summed E-state index contributed by atoms with van der Waals surface area (Å²) in [4.78, 5) is 31.7. The van der Waals surface area contributed by atoms with Crippen molar-refractivity contribution in [2.75, 3.05) is 23.4 Å². The van der Waals surface area contributed by atoms with Crippen molar-refractivity contribution >= 4 is 50.7 Å². The summed E-state index contributed by atoms with van der Waals surface area (Å²) in [7, 11) is 0. The lowest BCUT2D eigenvalue weighted by atomic mass is 10.1. The van der Waals surface area contributed by atoms with E-state index in [9.17, 15) is 9.59 Å². The topological polar surface area (TPSA) is 75.9 Å². The summed E-state index contributed by atoms with van der Waals surface area (Å²) >= 11 is 0. The molecule has 6 rings (SSSR count). The molecule has 33 heavy (non-hydrogen) atoms. The van der Waals surface area contributed by atoms with E-state index < -0.39 is 6.09 Å². The van der Waals surface area contributed by atoms with Crippen molar-refractivity contribution in [2.24, 2.45) is 0 Å². The number of carbonyl (C=O) groups is 2. The highest BCUT2D eigenvalue weighted by molar-refractivity contribution is 6.19. The Kier molecular flexibility index (Phi) is 4.29. The summed E-state index contributed by atoms with van der Waals surface area (Å²) in [5.74, 6) is 0.594. The van der Waals surface area contributed by atoms with Gasteiger partial charge < -0.3 is 10.1 Å². The van der Waals surface area contributed by atoms with Crippen LogP contribution in [0.4, 0.5) is 16.2 Å². The molecule has 162 valence electrons. The van der Waals surface area contributed by atoms with E-state index in [1.54, 1.807) is 24.3 Å². The number of anilines is 2. The number of nitrogens with one attached hydrogen (secondary N) is 1. The highest BCUT2D eigenvalue weighted by Gasteiger charge is 2.25. The Hall–Kier alpha value is -4.39. The lowest BCUT2D eigenvalue weighted by Crippen LogP contribution is -2.23. The Balaban J connectivity index is 1.51. The molecule has 7 nitrogen and oxygen atoms in total. The predicted molar refractivity (Wildman–Crippen MR) is 128 cm³/mol. The Morgan fingerprint density at radius 2 is 1.79 bits per heavy atom. The highest BCUT2D eigenvalue weighted by Crippen LogP contribution is 2.36. The van der Waals surface area contributed by atoms with E-state index >= 15 is 0 Å². The first-order valence-corrected chi connectivity index (χ1v) is 10.8. The second kappa shape index (κ2) is 7.34. The van der Waals surface area contributed by atoms with Gasteiger partial charge in [0.05, 0.1) is 28.8 Å². The molecule has 1 saturated heterocycles. The first-order valence-electron chi connectivity index (χ1n) is 10.8. The van der Waals surface area contributed by atoms with Crippen LogP contribution in [0.15, 0.2) is 72.8 Å². The summed E-state index contributed by atoms with van der Waals surface area (Å²) in [5.41, 5.74) is 4.60. The number of aromatic nitrogens is 2. The van der Waals surface area contributed by atoms with Gasteiger partial charge in [0, 0.05) is 22.0 Å². The molecule has 0 bridgehead atoms. The van der Waals surface area contributed by atoms with E-state index in [0.717, 1.165) is 38.8 Å². The standard InChI is InChI=1S/C26H20N4O3/c1-16-27-21-11-4-2-9-19(21)24-23(20-10-3-5-12-22(20)30(16)24)28-25(31)17-7-6-8-18(15-17)29-13-14-33-26(29)32/h2-12,15H,13-14H2,1H3,(H,28,31). The molecule has 1 fully saturated rings. The normalized spacial score (nSPS) is 13.7. The fourth-order valence-corrected chi connectivity index (χ4v) is 4.58. The molecule has 5 aromatic rings. The van der Waals surface area contributed by atoms with Crippen LogP contribution in [0, 0.1) is 6.92 Å². The third-order valence-electron chi connectivity index (χ3n) is 6.06. The zero-order valence-electron chi connectivity index (χ0n) is 17.9. The summed E-state index contributed by atoms with van der Waals surface area (Å²) < 4.78 is 7.12. The highest BCUT2D eigenvalue weighted by atomic mass is 16.6. The largest absolute Gasteiger partial charge is 0.447 e. The summed E-state index contributed by atoms with van der Waals surface area (Å²) in [5, 5.41) is 5.05. The molecule has 0 radical (unpaired) electrons. The van der Waals surface area contributed by atoms with Crippen molar-refractivity contribution < 1.29 is 14.3 Å². The van der Waals surface area contributed by atoms with E-state index in [1.807, 2.05) is 55.5 Å². The van der Waals surface area contributed by atoms with Crippen LogP contribution in [0.25, 0.3) is 27.3 Å². The first kappa shape index (κ1) is 19.3. The SMILES string of the molecule is Cc1nc2ccccc2c2c(NC(=O)c3cccc(N4CCOC4=O)c3)c3ccccc3n12. The van der Waals surface area contributed by atoms with E-state index in [0.29, 0.717) is 24.4 Å². The lowest BCUT2D eigenvalue weighted by Gasteiger charge is -2.14. The van der Waals surface area contributed by atoms with Crippen molar-refractivity contribution in [2.45, 2.75) is 6.92 Å². The van der Waals surface area contributed by atoms with Gasteiger partial charge in [0.15, 0.2) is 0 Å². The zero-order chi connectivity index (χ0) is 22.5. The van der Waals surface area contributed by atoms with Gasteiger partial charge in [-0.05, 0) is 37.3 Å². The summed E-state index contributed by atoms with van der Waals surface area (Å²) in [6, 6.07) is 22.9. The fraction of sp³-hybridized carbons (Fsp3) is 0.115. The Morgan fingerprint density at radius 1 is 1.00 bits per heavy atom. The number of para-hydroxylation sites is 2. The van der Waals surface area contributed by atoms with E-state index in [4.69, 9.17) is 9.72 Å². The van der Waals surface area contributed by atoms with Gasteiger partial charge in [-0.15, -0.1) is 0 Å². The maximum atomic E-state index is 13.4. The molecule has 0 spiro atoms. The maximum Gasteiger partial charge on any atom is 0.414 e. The molecule has 1 aliphatic heterocycles. The number of benzene rings is 3. The number of rotatable bonds is 3. The molecule has 3 heterocycles. The molecular formula is C26H20N4O3. The number of amides is 2. The van der Waals surface area contributed by atoms with Gasteiger partial charge in [0.25, 0.3) is 5.91 Å². The number of fused-ring (bicyclic) bond motifs is 5. The van der Waals surface area contributed by atoms with E-state index in [2.05, 4.69) is 9.72 Å². The number of hydrogen-bond donors (Lipinski definition) is 1. The van der Waals surface area contributed by atoms with Crippen LogP contribution in [0.2, 0.25) is 0 Å². The third kappa shape index (κ3) is 3.01. The minimum atomic E-state index is -0.397. The van der Waals surface area contributed by atoms with Crippen molar-refractivity contribution in [3.05, 3.63) is 84.2 Å². The van der Waals surface area contributed by atoms with Crippen LogP contribution in [0.3, 0.4) is 0 Å². The molecule has 2 aromatic heterocycles. The van der Waals surface area contributed by atoms with Crippen LogP contribution in [-0.4, -0.2) is 34.5 Å². The van der Waals surface area contributed by atoms with E-state index in [1.165, 1.54) is 4.90 Å². The Morgan fingerprint density at radius 3 is 2.61 bits per heavy atom. The average Bonchev–Trinajstić information content (AvgIpc) is 3.41. The smallest absolute Gasteiger partial charge is 0.414 e. The van der Waals surface area contributed by atoms with Gasteiger partial charge in [-0.1, -0.05) is 42.5 Å². The number of hydrogen-bond acceptors (Lipinski definition) is 4. The molecule has 2 amide bonds. The molecule has 7 heteroatoms. The lowest BCUT2D eigenvalue weighted by molar-refractivity contribution is 0.102. The molecule has 0 atom stereocenters. The molecule has 0 aliphatic carbocycles. The van der Waals surface area contributed by atoms with Crippen LogP contribution in [-0.2, 0) is 4.74 Å². The average molecular weight is 436 g/mol. The second-order valence-corrected chi connectivity index (χ2v) is 8.02. The van der Waals surface area contributed by atoms with Crippen molar-refractivity contribution in [1.82, 2.24) is 9.38 Å². The van der Waals surface area contributed by atoms with Crippen LogP contribution in [0.1, 0.15) is 16.2 Å². The van der Waals surface area contributed by atoms with Gasteiger partial charge in [0.1, 0.15) is 12.4 Å². The molecule has 1 aliphatic rings. The van der Waals surface area contributed by atoms with Gasteiger partial charge >= 0.3 is 6.09 Å². The molecule has 0 saturated carbocycles. The Labute approximate surface area is 189 Å². The second-order valence-electron chi connectivity index (χ2n) is 8.02. The quantitative estimate of drug-likeness (QED) is 0.424. The maximum absolute atomic E-state index is 13.4. The molecule has 0 unspecified atom stereocenters. The van der Waals surface area contributed by atoms with Gasteiger partial charge in [-0.2, -0.15) is 0 Å². The number of carbonyl (C=O) groups excluding carboxylic acids is 2. The van der Waals surface area contributed by atoms with Crippen LogP contribution in [0.5, 0.6) is 0 Å². The van der Waals surface area contributed by atoms with Crippen molar-refractivity contribution in [3.63, 3.8) is 0 Å². The summed E-state index contributed by atoms with van der Waals surface area (Å²) in [6.45, 7) is 2.78. The summed E-state index contributed by atoms with van der Waals surface area (Å²) in [6.07, 6.45) is -0.397. The van der Waals surface area contributed by atoms with Gasteiger partial charge in [-0.3, -0.25) is 14.1 Å². The van der Waals surface area contributed by atoms with Crippen LogP contribution < -0.4 is 10.2 Å². The monoisotopic (exact) mass is 436 g/mol. The van der Waals surface area contributed by atoms with Gasteiger partial charge in [-0.25, -0.2) is 9.78 Å². The fourth-order valence-electron chi connectivity index (χ4n) is 4.58. The minimum Gasteiger partial charge on any atom is -0.447 e. The number of ether oxygens (including phenoxy) is 1. The van der Waals surface area contributed by atoms with Gasteiger partial charge in [0.2, 0.25) is 0 Å². The number of nitrogens with zero attached hydrogens (tertiary/aromatic N) is 3. The zero-order valence-corrected chi connectivity index (χ0v) is 17.9. The third-order valence-corrected chi connectivity index (χ3v) is 6.06. The number of aryl methyl sites for hydroxylation is 1. The van der Waals surface area contributed by atoms with Crippen LogP contribution >= 0.6 is 0 Å². The molecule has 1 N–H and O–H groups in total. The molecular weight excluding hydrogens is 416 g/mol. The first-order chi connectivity index (χ1) is 16.1. The predicted octanol–water partition coefficient (Wildman–Crippen LogP) is 5.16. The Bertz CT molecular complexity index is 1590. The number of cyclic esters (lactones) is 1. The minimum absolute atomic E-state index is 0.249.